The van der Waals surface area contributed by atoms with Gasteiger partial charge in [0, 0.05) is 13.0 Å². The number of hydrogen-bond acceptors (Lipinski definition) is 1. The third kappa shape index (κ3) is 2.33. The fourth-order valence-corrected chi connectivity index (χ4v) is 1.45. The second-order valence-electron chi connectivity index (χ2n) is 2.79. The monoisotopic (exact) mass is 130 g/mol. The Kier molecular flexibility index (Phi) is 3.01. The van der Waals surface area contributed by atoms with Crippen LogP contribution in [0, 0.1) is 0 Å². The van der Waals surface area contributed by atoms with Gasteiger partial charge in [-0.25, -0.2) is 0 Å². The van der Waals surface area contributed by atoms with Gasteiger partial charge in [0.25, 0.3) is 0 Å². The van der Waals surface area contributed by atoms with Crippen molar-refractivity contribution in [2.24, 2.45) is 0 Å². The van der Waals surface area contributed by atoms with Crippen LogP contribution in [0.4, 0.5) is 0 Å². The number of quaternary nitrogens is 1. The maximum atomic E-state index is 8.60. The van der Waals surface area contributed by atoms with E-state index >= 15 is 0 Å². The van der Waals surface area contributed by atoms with Crippen molar-refractivity contribution in [1.29, 1.82) is 0 Å². The van der Waals surface area contributed by atoms with E-state index in [0.717, 1.165) is 12.5 Å². The minimum atomic E-state index is 0.362. The molecule has 1 aliphatic heterocycles. The standard InChI is InChI=1S/C7H15NO/c9-6-4-7-3-1-2-5-8-7/h7-9H,1-6H2/p+1/t7-/m1/s1. The van der Waals surface area contributed by atoms with Gasteiger partial charge in [0.1, 0.15) is 0 Å². The molecule has 0 aromatic heterocycles. The minimum absolute atomic E-state index is 0.362. The largest absolute Gasteiger partial charge is 0.396 e. The van der Waals surface area contributed by atoms with Crippen molar-refractivity contribution in [3.8, 4) is 0 Å². The average molecular weight is 130 g/mol. The molecular formula is C7H16NO+. The average Bonchev–Trinajstić information content (AvgIpc) is 1.91. The first-order chi connectivity index (χ1) is 4.43. The first-order valence-electron chi connectivity index (χ1n) is 3.87. The van der Waals surface area contributed by atoms with Gasteiger partial charge in [-0.05, 0) is 19.3 Å². The summed E-state index contributed by atoms with van der Waals surface area (Å²) in [5, 5.41) is 11.0. The Morgan fingerprint density at radius 3 is 2.89 bits per heavy atom. The number of rotatable bonds is 2. The zero-order valence-corrected chi connectivity index (χ0v) is 5.84. The van der Waals surface area contributed by atoms with Gasteiger partial charge >= 0.3 is 0 Å². The molecule has 1 saturated heterocycles. The Balaban J connectivity index is 2.08. The van der Waals surface area contributed by atoms with Gasteiger partial charge in [0.15, 0.2) is 0 Å². The van der Waals surface area contributed by atoms with Crippen molar-refractivity contribution in [3.05, 3.63) is 0 Å². The van der Waals surface area contributed by atoms with Crippen LogP contribution in [0.3, 0.4) is 0 Å². The topological polar surface area (TPSA) is 36.8 Å². The molecule has 0 aliphatic carbocycles. The summed E-state index contributed by atoms with van der Waals surface area (Å²) < 4.78 is 0. The lowest BCUT2D eigenvalue weighted by atomic mass is 10.0. The molecule has 54 valence electrons. The lowest BCUT2D eigenvalue weighted by Gasteiger charge is -2.18. The van der Waals surface area contributed by atoms with Crippen LogP contribution < -0.4 is 5.32 Å². The highest BCUT2D eigenvalue weighted by Crippen LogP contribution is 2.03. The number of hydrogen-bond donors (Lipinski definition) is 2. The summed E-state index contributed by atoms with van der Waals surface area (Å²) in [6.07, 6.45) is 5.02. The summed E-state index contributed by atoms with van der Waals surface area (Å²) in [6.45, 7) is 1.63. The molecule has 9 heavy (non-hydrogen) atoms. The Hall–Kier alpha value is -0.0800. The van der Waals surface area contributed by atoms with Crippen molar-refractivity contribution in [1.82, 2.24) is 0 Å². The molecule has 1 heterocycles. The van der Waals surface area contributed by atoms with E-state index in [2.05, 4.69) is 5.32 Å². The Morgan fingerprint density at radius 2 is 2.33 bits per heavy atom. The zero-order chi connectivity index (χ0) is 6.53. The Labute approximate surface area is 56.3 Å². The molecule has 0 aromatic rings. The van der Waals surface area contributed by atoms with Crippen LogP contribution in [0.1, 0.15) is 25.7 Å². The maximum absolute atomic E-state index is 8.60. The van der Waals surface area contributed by atoms with E-state index < -0.39 is 0 Å². The normalized spacial score (nSPS) is 28.3. The number of nitrogens with two attached hydrogens (primary N) is 1. The van der Waals surface area contributed by atoms with Gasteiger partial charge < -0.3 is 10.4 Å². The lowest BCUT2D eigenvalue weighted by molar-refractivity contribution is -0.698. The van der Waals surface area contributed by atoms with Crippen molar-refractivity contribution < 1.29 is 10.4 Å². The zero-order valence-electron chi connectivity index (χ0n) is 5.84. The molecule has 1 rings (SSSR count). The summed E-state index contributed by atoms with van der Waals surface area (Å²) >= 11 is 0. The Morgan fingerprint density at radius 1 is 1.44 bits per heavy atom. The summed E-state index contributed by atoms with van der Waals surface area (Å²) in [7, 11) is 0. The van der Waals surface area contributed by atoms with E-state index in [1.807, 2.05) is 0 Å². The fraction of sp³-hybridized carbons (Fsp3) is 1.00. The number of aliphatic hydroxyl groups is 1. The Bertz CT molecular complexity index is 66.6. The number of aliphatic hydroxyl groups excluding tert-OH is 1. The second kappa shape index (κ2) is 3.85. The molecule has 0 aromatic carbocycles. The first-order valence-corrected chi connectivity index (χ1v) is 3.87. The highest BCUT2D eigenvalue weighted by Gasteiger charge is 2.14. The van der Waals surface area contributed by atoms with Gasteiger partial charge in [0.05, 0.1) is 12.6 Å². The molecule has 0 bridgehead atoms. The highest BCUT2D eigenvalue weighted by atomic mass is 16.3. The van der Waals surface area contributed by atoms with E-state index in [1.54, 1.807) is 0 Å². The number of piperidine rings is 1. The predicted octanol–water partition coefficient (Wildman–Crippen LogP) is -0.515. The van der Waals surface area contributed by atoms with E-state index in [0.29, 0.717) is 6.61 Å². The predicted molar refractivity (Wildman–Crippen MR) is 36.1 cm³/mol. The molecular weight excluding hydrogens is 114 g/mol. The van der Waals surface area contributed by atoms with Crippen LogP contribution in [0.5, 0.6) is 0 Å². The quantitative estimate of drug-likeness (QED) is 0.519. The molecule has 1 fully saturated rings. The van der Waals surface area contributed by atoms with Crippen LogP contribution in [-0.2, 0) is 0 Å². The van der Waals surface area contributed by atoms with E-state index in [4.69, 9.17) is 5.11 Å². The molecule has 0 unspecified atom stereocenters. The summed E-state index contributed by atoms with van der Waals surface area (Å²) in [6, 6.07) is 0.726. The fourth-order valence-electron chi connectivity index (χ4n) is 1.45. The maximum Gasteiger partial charge on any atom is 0.0881 e. The molecule has 2 heteroatoms. The molecule has 0 spiro atoms. The molecule has 2 nitrogen and oxygen atoms in total. The van der Waals surface area contributed by atoms with E-state index in [1.165, 1.54) is 25.8 Å². The lowest BCUT2D eigenvalue weighted by Crippen LogP contribution is -2.91. The van der Waals surface area contributed by atoms with Crippen LogP contribution in [0.2, 0.25) is 0 Å². The smallest absolute Gasteiger partial charge is 0.0881 e. The van der Waals surface area contributed by atoms with Crippen molar-refractivity contribution in [2.75, 3.05) is 13.2 Å². The first kappa shape index (κ1) is 7.03. The third-order valence-electron chi connectivity index (χ3n) is 2.03. The minimum Gasteiger partial charge on any atom is -0.396 e. The van der Waals surface area contributed by atoms with E-state index in [9.17, 15) is 0 Å². The third-order valence-corrected chi connectivity index (χ3v) is 2.03. The highest BCUT2D eigenvalue weighted by molar-refractivity contribution is 4.57. The molecule has 0 saturated carbocycles. The molecule has 1 atom stereocenters. The van der Waals surface area contributed by atoms with Gasteiger partial charge in [-0.3, -0.25) is 0 Å². The molecule has 1 aliphatic rings. The summed E-state index contributed by atoms with van der Waals surface area (Å²) in [5.41, 5.74) is 0. The molecule has 0 radical (unpaired) electrons. The van der Waals surface area contributed by atoms with Crippen LogP contribution in [0.15, 0.2) is 0 Å². The van der Waals surface area contributed by atoms with Gasteiger partial charge in [-0.1, -0.05) is 0 Å². The van der Waals surface area contributed by atoms with Crippen molar-refractivity contribution >= 4 is 0 Å². The molecule has 3 N–H and O–H groups in total. The van der Waals surface area contributed by atoms with Gasteiger partial charge in [0.2, 0.25) is 0 Å². The summed E-state index contributed by atoms with van der Waals surface area (Å²) in [4.78, 5) is 0. The van der Waals surface area contributed by atoms with Crippen molar-refractivity contribution in [3.63, 3.8) is 0 Å². The van der Waals surface area contributed by atoms with Gasteiger partial charge in [-0.2, -0.15) is 0 Å². The van der Waals surface area contributed by atoms with Crippen LogP contribution in [-0.4, -0.2) is 24.3 Å². The second-order valence-corrected chi connectivity index (χ2v) is 2.79. The summed E-state index contributed by atoms with van der Waals surface area (Å²) in [5.74, 6) is 0. The van der Waals surface area contributed by atoms with E-state index in [-0.39, 0.29) is 0 Å². The SMILES string of the molecule is OCC[C@H]1CCCC[NH2+]1. The van der Waals surface area contributed by atoms with Crippen LogP contribution >= 0.6 is 0 Å². The van der Waals surface area contributed by atoms with Crippen molar-refractivity contribution in [2.45, 2.75) is 31.7 Å². The molecule has 0 amide bonds. The van der Waals surface area contributed by atoms with Crippen LogP contribution in [0.25, 0.3) is 0 Å². The van der Waals surface area contributed by atoms with Gasteiger partial charge in [-0.15, -0.1) is 0 Å².